The third-order valence-electron chi connectivity index (χ3n) is 3.92. The zero-order valence-corrected chi connectivity index (χ0v) is 12.4. The van der Waals surface area contributed by atoms with Gasteiger partial charge in [-0.1, -0.05) is 13.8 Å². The number of likely N-dealkylation sites (tertiary alicyclic amines) is 1. The second kappa shape index (κ2) is 6.78. The molecule has 2 amide bonds. The van der Waals surface area contributed by atoms with E-state index >= 15 is 0 Å². The predicted molar refractivity (Wildman–Crippen MR) is 74.0 cm³/mol. The highest BCUT2D eigenvalue weighted by molar-refractivity contribution is 5.75. The number of amides is 2. The van der Waals surface area contributed by atoms with Gasteiger partial charge in [0.05, 0.1) is 0 Å². The number of nitrogens with zero attached hydrogens (tertiary/aromatic N) is 2. The van der Waals surface area contributed by atoms with Crippen molar-refractivity contribution >= 4 is 12.0 Å². The molecule has 2 atom stereocenters. The standard InChI is InChI=1S/C14H26N2O3/c1-10(2)16(7-5-6-13(17)18)14(19)15-8-11(3)12(4)9-15/h10-12H,5-9H2,1-4H3,(H,17,18). The molecular formula is C14H26N2O3. The average Bonchev–Trinajstić information content (AvgIpc) is 2.63. The maximum absolute atomic E-state index is 12.5. The van der Waals surface area contributed by atoms with Crippen LogP contribution in [0.1, 0.15) is 40.5 Å². The summed E-state index contributed by atoms with van der Waals surface area (Å²) in [5, 5.41) is 8.67. The number of rotatable bonds is 5. The highest BCUT2D eigenvalue weighted by atomic mass is 16.4. The van der Waals surface area contributed by atoms with Crippen LogP contribution < -0.4 is 0 Å². The summed E-state index contributed by atoms with van der Waals surface area (Å²) in [5.41, 5.74) is 0. The largest absolute Gasteiger partial charge is 0.481 e. The molecule has 5 heteroatoms. The Kier molecular flexibility index (Phi) is 5.63. The Hall–Kier alpha value is -1.26. The lowest BCUT2D eigenvalue weighted by atomic mass is 10.0. The van der Waals surface area contributed by atoms with Crippen molar-refractivity contribution in [2.75, 3.05) is 19.6 Å². The molecule has 1 aliphatic heterocycles. The molecule has 0 saturated carbocycles. The van der Waals surface area contributed by atoms with Crippen molar-refractivity contribution in [3.05, 3.63) is 0 Å². The molecule has 19 heavy (non-hydrogen) atoms. The normalized spacial score (nSPS) is 22.9. The third-order valence-corrected chi connectivity index (χ3v) is 3.92. The quantitative estimate of drug-likeness (QED) is 0.833. The van der Waals surface area contributed by atoms with Crippen molar-refractivity contribution in [3.8, 4) is 0 Å². The first-order chi connectivity index (χ1) is 8.82. The Morgan fingerprint density at radius 3 is 2.21 bits per heavy atom. The topological polar surface area (TPSA) is 60.9 Å². The van der Waals surface area contributed by atoms with Crippen LogP contribution in [0.2, 0.25) is 0 Å². The number of carbonyl (C=O) groups is 2. The summed E-state index contributed by atoms with van der Waals surface area (Å²) in [6.45, 7) is 10.4. The zero-order valence-electron chi connectivity index (χ0n) is 12.4. The molecule has 0 aromatic heterocycles. The molecule has 0 spiro atoms. The number of hydrogen-bond acceptors (Lipinski definition) is 2. The van der Waals surface area contributed by atoms with Gasteiger partial charge in [0.1, 0.15) is 0 Å². The van der Waals surface area contributed by atoms with Crippen LogP contribution in [0.5, 0.6) is 0 Å². The summed E-state index contributed by atoms with van der Waals surface area (Å²) < 4.78 is 0. The van der Waals surface area contributed by atoms with Gasteiger partial charge in [-0.2, -0.15) is 0 Å². The minimum absolute atomic E-state index is 0.0524. The van der Waals surface area contributed by atoms with E-state index in [-0.39, 0.29) is 18.5 Å². The zero-order chi connectivity index (χ0) is 14.6. The molecular weight excluding hydrogens is 244 g/mol. The Bertz CT molecular complexity index is 321. The molecule has 0 aliphatic carbocycles. The number of aliphatic carboxylic acids is 1. The van der Waals surface area contributed by atoms with Gasteiger partial charge in [0.15, 0.2) is 0 Å². The van der Waals surface area contributed by atoms with E-state index < -0.39 is 5.97 Å². The van der Waals surface area contributed by atoms with Crippen molar-refractivity contribution in [1.29, 1.82) is 0 Å². The van der Waals surface area contributed by atoms with Crippen molar-refractivity contribution < 1.29 is 14.7 Å². The van der Waals surface area contributed by atoms with E-state index in [1.807, 2.05) is 18.7 Å². The van der Waals surface area contributed by atoms with Gasteiger partial charge in [-0.05, 0) is 32.1 Å². The van der Waals surface area contributed by atoms with Crippen LogP contribution in [0.25, 0.3) is 0 Å². The highest BCUT2D eigenvalue weighted by Gasteiger charge is 2.32. The van der Waals surface area contributed by atoms with Gasteiger partial charge in [0.25, 0.3) is 0 Å². The van der Waals surface area contributed by atoms with Gasteiger partial charge in [0, 0.05) is 32.1 Å². The van der Waals surface area contributed by atoms with Crippen LogP contribution in [-0.2, 0) is 4.79 Å². The van der Waals surface area contributed by atoms with Crippen LogP contribution in [0.3, 0.4) is 0 Å². The average molecular weight is 270 g/mol. The lowest BCUT2D eigenvalue weighted by Gasteiger charge is -2.31. The first-order valence-corrected chi connectivity index (χ1v) is 7.10. The molecule has 0 bridgehead atoms. The monoisotopic (exact) mass is 270 g/mol. The van der Waals surface area contributed by atoms with Gasteiger partial charge in [-0.15, -0.1) is 0 Å². The summed E-state index contributed by atoms with van der Waals surface area (Å²) in [6.07, 6.45) is 0.626. The number of carboxylic acid groups (broad SMARTS) is 1. The lowest BCUT2D eigenvalue weighted by Crippen LogP contribution is -2.46. The van der Waals surface area contributed by atoms with Gasteiger partial charge >= 0.3 is 12.0 Å². The summed E-state index contributed by atoms with van der Waals surface area (Å²) >= 11 is 0. The molecule has 1 rings (SSSR count). The number of hydrogen-bond donors (Lipinski definition) is 1. The maximum Gasteiger partial charge on any atom is 0.320 e. The number of carbonyl (C=O) groups excluding carboxylic acids is 1. The fourth-order valence-corrected chi connectivity index (χ4v) is 2.44. The summed E-state index contributed by atoms with van der Waals surface area (Å²) in [5.74, 6) is 0.272. The highest BCUT2D eigenvalue weighted by Crippen LogP contribution is 2.23. The smallest absolute Gasteiger partial charge is 0.320 e. The molecule has 1 aliphatic rings. The van der Waals surface area contributed by atoms with E-state index in [1.165, 1.54) is 0 Å². The summed E-state index contributed by atoms with van der Waals surface area (Å²) in [6, 6.07) is 0.157. The number of urea groups is 1. The SMILES string of the molecule is CC1CN(C(=O)N(CCCC(=O)O)C(C)C)CC1C. The molecule has 1 saturated heterocycles. The van der Waals surface area contributed by atoms with Gasteiger partial charge in [0.2, 0.25) is 0 Å². The molecule has 110 valence electrons. The number of carboxylic acids is 1. The van der Waals surface area contributed by atoms with Crippen LogP contribution in [-0.4, -0.2) is 52.6 Å². The Labute approximate surface area is 115 Å². The van der Waals surface area contributed by atoms with Crippen molar-refractivity contribution in [2.24, 2.45) is 11.8 Å². The maximum atomic E-state index is 12.5. The second-order valence-corrected chi connectivity index (χ2v) is 5.93. The third kappa shape index (κ3) is 4.40. The van der Waals surface area contributed by atoms with Gasteiger partial charge in [-0.3, -0.25) is 4.79 Å². The van der Waals surface area contributed by atoms with Crippen LogP contribution >= 0.6 is 0 Å². The molecule has 0 aromatic carbocycles. The van der Waals surface area contributed by atoms with E-state index in [0.29, 0.717) is 24.8 Å². The molecule has 1 heterocycles. The van der Waals surface area contributed by atoms with Crippen molar-refractivity contribution in [1.82, 2.24) is 9.80 Å². The summed E-state index contributed by atoms with van der Waals surface area (Å²) in [7, 11) is 0. The first-order valence-electron chi connectivity index (χ1n) is 7.10. The molecule has 0 radical (unpaired) electrons. The molecule has 1 fully saturated rings. The van der Waals surface area contributed by atoms with E-state index in [9.17, 15) is 9.59 Å². The van der Waals surface area contributed by atoms with Crippen LogP contribution in [0.4, 0.5) is 4.79 Å². The van der Waals surface area contributed by atoms with Crippen LogP contribution in [0, 0.1) is 11.8 Å². The van der Waals surface area contributed by atoms with Crippen LogP contribution in [0.15, 0.2) is 0 Å². The summed E-state index contributed by atoms with van der Waals surface area (Å²) in [4.78, 5) is 26.7. The minimum atomic E-state index is -0.806. The molecule has 0 aromatic rings. The lowest BCUT2D eigenvalue weighted by molar-refractivity contribution is -0.137. The van der Waals surface area contributed by atoms with E-state index in [4.69, 9.17) is 5.11 Å². The minimum Gasteiger partial charge on any atom is -0.481 e. The van der Waals surface area contributed by atoms with Gasteiger partial charge in [-0.25, -0.2) is 4.79 Å². The molecule has 5 nitrogen and oxygen atoms in total. The Morgan fingerprint density at radius 2 is 1.79 bits per heavy atom. The Morgan fingerprint density at radius 1 is 1.26 bits per heavy atom. The first kappa shape index (κ1) is 15.8. The molecule has 1 N–H and O–H groups in total. The predicted octanol–water partition coefficient (Wildman–Crippen LogP) is 2.27. The second-order valence-electron chi connectivity index (χ2n) is 5.93. The molecule has 2 unspecified atom stereocenters. The van der Waals surface area contributed by atoms with E-state index in [1.54, 1.807) is 4.90 Å². The van der Waals surface area contributed by atoms with Crippen molar-refractivity contribution in [2.45, 2.75) is 46.6 Å². The van der Waals surface area contributed by atoms with E-state index in [2.05, 4.69) is 13.8 Å². The van der Waals surface area contributed by atoms with E-state index in [0.717, 1.165) is 13.1 Å². The Balaban J connectivity index is 2.56. The van der Waals surface area contributed by atoms with Gasteiger partial charge < -0.3 is 14.9 Å². The fourth-order valence-electron chi connectivity index (χ4n) is 2.44. The van der Waals surface area contributed by atoms with Crippen molar-refractivity contribution in [3.63, 3.8) is 0 Å². The fraction of sp³-hybridized carbons (Fsp3) is 0.857.